The van der Waals surface area contributed by atoms with Gasteiger partial charge in [-0.1, -0.05) is 0 Å². The molecule has 0 fully saturated rings. The lowest BCUT2D eigenvalue weighted by Crippen LogP contribution is -2.20. The van der Waals surface area contributed by atoms with E-state index in [9.17, 15) is 10.1 Å². The van der Waals surface area contributed by atoms with Gasteiger partial charge in [0.2, 0.25) is 0 Å². The van der Waals surface area contributed by atoms with Gasteiger partial charge < -0.3 is 10.1 Å². The molecule has 2 rings (SSSR count). The van der Waals surface area contributed by atoms with E-state index < -0.39 is 4.92 Å². The van der Waals surface area contributed by atoms with Crippen LogP contribution in [0.15, 0.2) is 36.4 Å². The van der Waals surface area contributed by atoms with Crippen molar-refractivity contribution in [1.82, 2.24) is 5.32 Å². The number of nitro groups is 1. The van der Waals surface area contributed by atoms with Crippen LogP contribution in [0, 0.1) is 17.0 Å². The van der Waals surface area contributed by atoms with E-state index in [-0.39, 0.29) is 5.69 Å². The van der Waals surface area contributed by atoms with Crippen LogP contribution in [0.3, 0.4) is 0 Å². The molecule has 0 atom stereocenters. The molecule has 0 amide bonds. The third kappa shape index (κ3) is 4.32. The number of non-ortho nitro benzene ring substituents is 1. The standard InChI is InChI=1S/C14H16N2O3S/c1-11-2-7-14(20-11)10-15-8-9-19-13-5-3-12(4-6-13)16(17)18/h2-7,15H,8-10H2,1H3. The van der Waals surface area contributed by atoms with Crippen molar-refractivity contribution in [2.24, 2.45) is 0 Å². The van der Waals surface area contributed by atoms with Crippen molar-refractivity contribution in [3.8, 4) is 5.75 Å². The molecular weight excluding hydrogens is 276 g/mol. The number of nitrogens with zero attached hydrogens (tertiary/aromatic N) is 1. The van der Waals surface area contributed by atoms with E-state index in [4.69, 9.17) is 4.74 Å². The first-order chi connectivity index (χ1) is 9.65. The lowest BCUT2D eigenvalue weighted by atomic mass is 10.3. The van der Waals surface area contributed by atoms with Crippen molar-refractivity contribution in [2.45, 2.75) is 13.5 Å². The first kappa shape index (κ1) is 14.5. The lowest BCUT2D eigenvalue weighted by molar-refractivity contribution is -0.384. The van der Waals surface area contributed by atoms with Crippen LogP contribution in [0.5, 0.6) is 5.75 Å². The molecule has 0 saturated heterocycles. The summed E-state index contributed by atoms with van der Waals surface area (Å²) in [5.41, 5.74) is 0.0727. The molecule has 5 nitrogen and oxygen atoms in total. The van der Waals surface area contributed by atoms with Gasteiger partial charge in [-0.3, -0.25) is 10.1 Å². The summed E-state index contributed by atoms with van der Waals surface area (Å²) in [6.07, 6.45) is 0. The fourth-order valence-corrected chi connectivity index (χ4v) is 2.56. The zero-order valence-electron chi connectivity index (χ0n) is 11.2. The highest BCUT2D eigenvalue weighted by molar-refractivity contribution is 7.11. The smallest absolute Gasteiger partial charge is 0.269 e. The molecule has 6 heteroatoms. The second-order valence-electron chi connectivity index (χ2n) is 4.29. The fraction of sp³-hybridized carbons (Fsp3) is 0.286. The normalized spacial score (nSPS) is 10.4. The van der Waals surface area contributed by atoms with Crippen LogP contribution < -0.4 is 10.1 Å². The summed E-state index contributed by atoms with van der Waals surface area (Å²) in [7, 11) is 0. The van der Waals surface area contributed by atoms with Crippen LogP contribution in [-0.2, 0) is 6.54 Å². The number of nitrogens with one attached hydrogen (secondary N) is 1. The molecule has 0 radical (unpaired) electrons. The molecule has 1 heterocycles. The highest BCUT2D eigenvalue weighted by Gasteiger charge is 2.04. The number of thiophene rings is 1. The van der Waals surface area contributed by atoms with Crippen molar-refractivity contribution in [1.29, 1.82) is 0 Å². The Labute approximate surface area is 121 Å². The van der Waals surface area contributed by atoms with Crippen molar-refractivity contribution in [3.63, 3.8) is 0 Å². The Morgan fingerprint density at radius 1 is 1.25 bits per heavy atom. The molecule has 0 aliphatic rings. The van der Waals surface area contributed by atoms with E-state index in [0.29, 0.717) is 12.4 Å². The van der Waals surface area contributed by atoms with Gasteiger partial charge in [-0.05, 0) is 31.2 Å². The van der Waals surface area contributed by atoms with Crippen LogP contribution in [0.25, 0.3) is 0 Å². The maximum absolute atomic E-state index is 10.5. The first-order valence-electron chi connectivity index (χ1n) is 6.28. The highest BCUT2D eigenvalue weighted by atomic mass is 32.1. The minimum atomic E-state index is -0.422. The third-order valence-electron chi connectivity index (χ3n) is 2.69. The molecule has 0 aliphatic heterocycles. The molecule has 1 N–H and O–H groups in total. The van der Waals surface area contributed by atoms with Crippen molar-refractivity contribution in [2.75, 3.05) is 13.2 Å². The van der Waals surface area contributed by atoms with E-state index in [1.54, 1.807) is 23.5 Å². The zero-order valence-corrected chi connectivity index (χ0v) is 12.0. The third-order valence-corrected chi connectivity index (χ3v) is 3.69. The molecule has 1 aromatic carbocycles. The van der Waals surface area contributed by atoms with Gasteiger partial charge in [0.1, 0.15) is 12.4 Å². The zero-order chi connectivity index (χ0) is 14.4. The summed E-state index contributed by atoms with van der Waals surface area (Å²) in [4.78, 5) is 12.7. The molecule has 20 heavy (non-hydrogen) atoms. The van der Waals surface area contributed by atoms with Crippen molar-refractivity contribution < 1.29 is 9.66 Å². The monoisotopic (exact) mass is 292 g/mol. The lowest BCUT2D eigenvalue weighted by Gasteiger charge is -2.06. The summed E-state index contributed by atoms with van der Waals surface area (Å²) in [5.74, 6) is 0.643. The molecule has 0 saturated carbocycles. The number of hydrogen-bond donors (Lipinski definition) is 1. The Morgan fingerprint density at radius 3 is 2.60 bits per heavy atom. The number of ether oxygens (including phenoxy) is 1. The number of rotatable bonds is 7. The van der Waals surface area contributed by atoms with Gasteiger partial charge in [0, 0.05) is 35.0 Å². The summed E-state index contributed by atoms with van der Waals surface area (Å²) in [5, 5.41) is 13.8. The predicted molar refractivity (Wildman–Crippen MR) is 79.4 cm³/mol. The van der Waals surface area contributed by atoms with Crippen molar-refractivity contribution >= 4 is 17.0 Å². The topological polar surface area (TPSA) is 64.4 Å². The maximum Gasteiger partial charge on any atom is 0.269 e. The van der Waals surface area contributed by atoms with Gasteiger partial charge in [-0.2, -0.15) is 0 Å². The van der Waals surface area contributed by atoms with Gasteiger partial charge in [-0.25, -0.2) is 0 Å². The number of aryl methyl sites for hydroxylation is 1. The second kappa shape index (κ2) is 7.02. The number of hydrogen-bond acceptors (Lipinski definition) is 5. The Morgan fingerprint density at radius 2 is 2.00 bits per heavy atom. The van der Waals surface area contributed by atoms with Crippen LogP contribution in [0.4, 0.5) is 5.69 Å². The van der Waals surface area contributed by atoms with Gasteiger partial charge in [0.25, 0.3) is 5.69 Å². The molecule has 0 aliphatic carbocycles. The minimum Gasteiger partial charge on any atom is -0.492 e. The quantitative estimate of drug-likeness (QED) is 0.484. The number of benzene rings is 1. The van der Waals surface area contributed by atoms with E-state index in [2.05, 4.69) is 24.4 Å². The van der Waals surface area contributed by atoms with Gasteiger partial charge in [0.05, 0.1) is 4.92 Å². The average molecular weight is 292 g/mol. The Bertz CT molecular complexity index is 566. The second-order valence-corrected chi connectivity index (χ2v) is 5.66. The molecule has 106 valence electrons. The van der Waals surface area contributed by atoms with E-state index in [1.807, 2.05) is 0 Å². The summed E-state index contributed by atoms with van der Waals surface area (Å²) < 4.78 is 5.50. The van der Waals surface area contributed by atoms with Crippen molar-refractivity contribution in [3.05, 3.63) is 56.3 Å². The fourth-order valence-electron chi connectivity index (χ4n) is 1.70. The van der Waals surface area contributed by atoms with E-state index >= 15 is 0 Å². The van der Waals surface area contributed by atoms with Gasteiger partial charge in [-0.15, -0.1) is 11.3 Å². The van der Waals surface area contributed by atoms with Gasteiger partial charge in [0.15, 0.2) is 0 Å². The van der Waals surface area contributed by atoms with Crippen LogP contribution in [0.2, 0.25) is 0 Å². The van der Waals surface area contributed by atoms with Crippen LogP contribution in [0.1, 0.15) is 9.75 Å². The highest BCUT2D eigenvalue weighted by Crippen LogP contribution is 2.17. The molecule has 1 aromatic heterocycles. The Balaban J connectivity index is 1.66. The SMILES string of the molecule is Cc1ccc(CNCCOc2ccc([N+](=O)[O-])cc2)s1. The molecule has 0 bridgehead atoms. The van der Waals surface area contributed by atoms with Crippen LogP contribution in [-0.4, -0.2) is 18.1 Å². The first-order valence-corrected chi connectivity index (χ1v) is 7.10. The Kier molecular flexibility index (Phi) is 5.09. The predicted octanol–water partition coefficient (Wildman–Crippen LogP) is 3.13. The van der Waals surface area contributed by atoms with E-state index in [1.165, 1.54) is 21.9 Å². The average Bonchev–Trinajstić information content (AvgIpc) is 2.84. The molecule has 0 unspecified atom stereocenters. The molecule has 0 spiro atoms. The van der Waals surface area contributed by atoms with Crippen LogP contribution >= 0.6 is 11.3 Å². The summed E-state index contributed by atoms with van der Waals surface area (Å²) >= 11 is 1.78. The minimum absolute atomic E-state index is 0.0727. The summed E-state index contributed by atoms with van der Waals surface area (Å²) in [6, 6.07) is 10.3. The maximum atomic E-state index is 10.5. The Hall–Kier alpha value is -1.92. The summed E-state index contributed by atoms with van der Waals surface area (Å²) in [6.45, 7) is 4.18. The largest absolute Gasteiger partial charge is 0.492 e. The van der Waals surface area contributed by atoms with E-state index in [0.717, 1.165) is 13.1 Å². The molecular formula is C14H16N2O3S. The molecule has 2 aromatic rings. The van der Waals surface area contributed by atoms with Gasteiger partial charge >= 0.3 is 0 Å². The number of nitro benzene ring substituents is 1.